The van der Waals surface area contributed by atoms with E-state index in [4.69, 9.17) is 11.6 Å². The second kappa shape index (κ2) is 4.19. The number of alkyl halides is 2. The number of halogens is 3. The van der Waals surface area contributed by atoms with E-state index < -0.39 is 5.92 Å². The van der Waals surface area contributed by atoms with E-state index in [9.17, 15) is 8.78 Å². The Labute approximate surface area is 108 Å². The molecule has 1 aliphatic carbocycles. The molecule has 1 unspecified atom stereocenters. The number of rotatable bonds is 1. The average molecular weight is 271 g/mol. The van der Waals surface area contributed by atoms with Crippen LogP contribution in [0.3, 0.4) is 0 Å². The second-order valence-corrected chi connectivity index (χ2v) is 5.31. The SMILES string of the molecule is FC1(F)CCCC(c2nc3c(Cl)cccc3[nH]2)C1. The molecule has 0 saturated heterocycles. The topological polar surface area (TPSA) is 28.7 Å². The van der Waals surface area contributed by atoms with Crippen LogP contribution in [0.2, 0.25) is 5.02 Å². The van der Waals surface area contributed by atoms with E-state index in [0.717, 1.165) is 11.9 Å². The molecule has 1 heterocycles. The number of para-hydroxylation sites is 1. The minimum Gasteiger partial charge on any atom is -0.342 e. The van der Waals surface area contributed by atoms with Crippen LogP contribution in [-0.2, 0) is 0 Å². The summed E-state index contributed by atoms with van der Waals surface area (Å²) in [6.45, 7) is 0. The van der Waals surface area contributed by atoms with Crippen LogP contribution in [0.25, 0.3) is 11.0 Å². The summed E-state index contributed by atoms with van der Waals surface area (Å²) in [5.74, 6) is -2.12. The number of aromatic nitrogens is 2. The van der Waals surface area contributed by atoms with Crippen LogP contribution in [0.5, 0.6) is 0 Å². The maximum atomic E-state index is 13.4. The third-order valence-electron chi connectivity index (χ3n) is 3.51. The normalized spacial score (nSPS) is 23.4. The summed E-state index contributed by atoms with van der Waals surface area (Å²) in [5, 5.41) is 0.553. The van der Waals surface area contributed by atoms with E-state index in [1.165, 1.54) is 0 Å². The molecule has 1 aliphatic rings. The fourth-order valence-corrected chi connectivity index (χ4v) is 2.83. The highest BCUT2D eigenvalue weighted by atomic mass is 35.5. The van der Waals surface area contributed by atoms with Crippen molar-refractivity contribution in [3.05, 3.63) is 29.0 Å². The zero-order valence-corrected chi connectivity index (χ0v) is 10.5. The van der Waals surface area contributed by atoms with Gasteiger partial charge in [0.1, 0.15) is 11.3 Å². The predicted octanol–water partition coefficient (Wildman–Crippen LogP) is 4.51. The van der Waals surface area contributed by atoms with Crippen molar-refractivity contribution in [3.63, 3.8) is 0 Å². The highest BCUT2D eigenvalue weighted by Crippen LogP contribution is 2.41. The molecule has 0 amide bonds. The quantitative estimate of drug-likeness (QED) is 0.811. The highest BCUT2D eigenvalue weighted by molar-refractivity contribution is 6.34. The average Bonchev–Trinajstić information content (AvgIpc) is 2.73. The Bertz CT molecular complexity index is 579. The summed E-state index contributed by atoms with van der Waals surface area (Å²) in [4.78, 5) is 7.50. The molecule has 1 saturated carbocycles. The second-order valence-electron chi connectivity index (χ2n) is 4.91. The maximum Gasteiger partial charge on any atom is 0.248 e. The standard InChI is InChI=1S/C13H13ClF2N2/c14-9-4-1-5-10-11(9)18-12(17-10)8-3-2-6-13(15,16)7-8/h1,4-5,8H,2-3,6-7H2,(H,17,18). The Balaban J connectivity index is 1.97. The summed E-state index contributed by atoms with van der Waals surface area (Å²) in [5.41, 5.74) is 1.48. The van der Waals surface area contributed by atoms with Gasteiger partial charge in [-0.05, 0) is 25.0 Å². The van der Waals surface area contributed by atoms with Gasteiger partial charge in [-0.2, -0.15) is 0 Å². The van der Waals surface area contributed by atoms with Crippen LogP contribution in [-0.4, -0.2) is 15.9 Å². The van der Waals surface area contributed by atoms with Crippen molar-refractivity contribution in [1.82, 2.24) is 9.97 Å². The van der Waals surface area contributed by atoms with Crippen molar-refractivity contribution in [2.45, 2.75) is 37.5 Å². The number of hydrogen-bond donors (Lipinski definition) is 1. The van der Waals surface area contributed by atoms with Gasteiger partial charge in [-0.3, -0.25) is 0 Å². The van der Waals surface area contributed by atoms with Gasteiger partial charge in [-0.25, -0.2) is 13.8 Å². The van der Waals surface area contributed by atoms with Crippen molar-refractivity contribution < 1.29 is 8.78 Å². The van der Waals surface area contributed by atoms with Crippen molar-refractivity contribution in [3.8, 4) is 0 Å². The molecule has 18 heavy (non-hydrogen) atoms. The molecule has 2 nitrogen and oxygen atoms in total. The van der Waals surface area contributed by atoms with E-state index in [1.807, 2.05) is 12.1 Å². The maximum absolute atomic E-state index is 13.4. The van der Waals surface area contributed by atoms with Gasteiger partial charge in [0, 0.05) is 18.8 Å². The molecular formula is C13H13ClF2N2. The monoisotopic (exact) mass is 270 g/mol. The van der Waals surface area contributed by atoms with E-state index in [0.29, 0.717) is 22.8 Å². The Morgan fingerprint density at radius 2 is 2.22 bits per heavy atom. The summed E-state index contributed by atoms with van der Waals surface area (Å²) >= 11 is 6.03. The zero-order valence-electron chi connectivity index (χ0n) is 9.72. The largest absolute Gasteiger partial charge is 0.342 e. The minimum atomic E-state index is -2.56. The minimum absolute atomic E-state index is 0.00944. The number of imidazole rings is 1. The van der Waals surface area contributed by atoms with Crippen LogP contribution in [0.4, 0.5) is 8.78 Å². The predicted molar refractivity (Wildman–Crippen MR) is 67.3 cm³/mol. The number of benzene rings is 1. The van der Waals surface area contributed by atoms with E-state index in [2.05, 4.69) is 9.97 Å². The first kappa shape index (κ1) is 11.9. The van der Waals surface area contributed by atoms with Gasteiger partial charge < -0.3 is 4.98 Å². The fourth-order valence-electron chi connectivity index (χ4n) is 2.61. The number of aromatic amines is 1. The molecule has 0 bridgehead atoms. The molecule has 3 rings (SSSR count). The van der Waals surface area contributed by atoms with E-state index >= 15 is 0 Å². The molecule has 1 aromatic carbocycles. The van der Waals surface area contributed by atoms with Crippen LogP contribution in [0, 0.1) is 0 Å². The molecule has 1 fully saturated rings. The lowest BCUT2D eigenvalue weighted by Crippen LogP contribution is -2.25. The molecule has 5 heteroatoms. The van der Waals surface area contributed by atoms with E-state index in [-0.39, 0.29) is 18.8 Å². The van der Waals surface area contributed by atoms with Crippen molar-refractivity contribution in [2.24, 2.45) is 0 Å². The molecule has 0 radical (unpaired) electrons. The van der Waals surface area contributed by atoms with Crippen molar-refractivity contribution in [1.29, 1.82) is 0 Å². The van der Waals surface area contributed by atoms with Gasteiger partial charge in [0.05, 0.1) is 10.5 Å². The fraction of sp³-hybridized carbons (Fsp3) is 0.462. The Hall–Kier alpha value is -1.16. The molecule has 1 N–H and O–H groups in total. The first-order valence-corrected chi connectivity index (χ1v) is 6.45. The molecular weight excluding hydrogens is 258 g/mol. The van der Waals surface area contributed by atoms with Crippen molar-refractivity contribution >= 4 is 22.6 Å². The zero-order chi connectivity index (χ0) is 12.8. The van der Waals surface area contributed by atoms with Gasteiger partial charge in [0.2, 0.25) is 5.92 Å². The Morgan fingerprint density at radius 3 is 2.94 bits per heavy atom. The van der Waals surface area contributed by atoms with E-state index in [1.54, 1.807) is 6.07 Å². The van der Waals surface area contributed by atoms with Gasteiger partial charge in [0.25, 0.3) is 0 Å². The number of nitrogens with one attached hydrogen (secondary N) is 1. The highest BCUT2D eigenvalue weighted by Gasteiger charge is 2.37. The third kappa shape index (κ3) is 2.09. The summed E-state index contributed by atoms with van der Waals surface area (Å²) in [7, 11) is 0. The van der Waals surface area contributed by atoms with Crippen LogP contribution < -0.4 is 0 Å². The molecule has 1 aromatic heterocycles. The lowest BCUT2D eigenvalue weighted by atomic mass is 9.86. The van der Waals surface area contributed by atoms with Crippen LogP contribution in [0.1, 0.15) is 37.4 Å². The molecule has 1 atom stereocenters. The molecule has 0 aliphatic heterocycles. The van der Waals surface area contributed by atoms with Crippen LogP contribution in [0.15, 0.2) is 18.2 Å². The molecule has 96 valence electrons. The van der Waals surface area contributed by atoms with Crippen LogP contribution >= 0.6 is 11.6 Å². The summed E-state index contributed by atoms with van der Waals surface area (Å²) < 4.78 is 26.8. The molecule has 2 aromatic rings. The van der Waals surface area contributed by atoms with Crippen molar-refractivity contribution in [2.75, 3.05) is 0 Å². The third-order valence-corrected chi connectivity index (χ3v) is 3.81. The number of H-pyrrole nitrogens is 1. The lowest BCUT2D eigenvalue weighted by molar-refractivity contribution is -0.0416. The Kier molecular flexibility index (Phi) is 2.77. The first-order valence-electron chi connectivity index (χ1n) is 6.07. The smallest absolute Gasteiger partial charge is 0.248 e. The number of hydrogen-bond acceptors (Lipinski definition) is 1. The first-order chi connectivity index (χ1) is 8.55. The lowest BCUT2D eigenvalue weighted by Gasteiger charge is -2.27. The molecule has 0 spiro atoms. The number of nitrogens with zero attached hydrogens (tertiary/aromatic N) is 1. The number of fused-ring (bicyclic) bond motifs is 1. The Morgan fingerprint density at radius 1 is 1.39 bits per heavy atom. The van der Waals surface area contributed by atoms with Gasteiger partial charge in [0.15, 0.2) is 0 Å². The van der Waals surface area contributed by atoms with Gasteiger partial charge in [-0.15, -0.1) is 0 Å². The van der Waals surface area contributed by atoms with Gasteiger partial charge >= 0.3 is 0 Å². The van der Waals surface area contributed by atoms with Gasteiger partial charge in [-0.1, -0.05) is 17.7 Å². The summed E-state index contributed by atoms with van der Waals surface area (Å²) in [6.07, 6.45) is 1.17. The summed E-state index contributed by atoms with van der Waals surface area (Å²) in [6, 6.07) is 5.44.